The molecule has 2 aromatic rings. The van der Waals surface area contributed by atoms with Crippen molar-refractivity contribution in [2.24, 2.45) is 0 Å². The molecule has 0 saturated carbocycles. The van der Waals surface area contributed by atoms with Gasteiger partial charge in [0.2, 0.25) is 5.91 Å². The molecule has 0 aliphatic rings. The fourth-order valence-electron chi connectivity index (χ4n) is 2.32. The summed E-state index contributed by atoms with van der Waals surface area (Å²) in [5.74, 6) is -0.0905. The van der Waals surface area contributed by atoms with Crippen molar-refractivity contribution in [3.05, 3.63) is 71.3 Å². The fourth-order valence-corrected chi connectivity index (χ4v) is 2.32. The summed E-state index contributed by atoms with van der Waals surface area (Å²) in [5, 5.41) is 2.77. The maximum Gasteiger partial charge on any atom is 0.338 e. The normalized spacial score (nSPS) is 10.9. The van der Waals surface area contributed by atoms with Crippen LogP contribution in [-0.4, -0.2) is 18.5 Å². The lowest BCUT2D eigenvalue weighted by Gasteiger charge is -2.06. The first kappa shape index (κ1) is 19.4. The average molecular weight is 351 g/mol. The van der Waals surface area contributed by atoms with Crippen LogP contribution in [0.5, 0.6) is 0 Å². The van der Waals surface area contributed by atoms with Crippen molar-refractivity contribution in [3.63, 3.8) is 0 Å². The van der Waals surface area contributed by atoms with Crippen LogP contribution in [0.15, 0.2) is 54.6 Å². The fraction of sp³-hybridized carbons (Fsp3) is 0.273. The minimum atomic E-state index is -0.352. The molecule has 0 aromatic heterocycles. The lowest BCUT2D eigenvalue weighted by molar-refractivity contribution is -0.111. The van der Waals surface area contributed by atoms with Gasteiger partial charge in [-0.1, -0.05) is 45.0 Å². The number of carbonyl (C=O) groups excluding carboxylic acids is 2. The van der Waals surface area contributed by atoms with Gasteiger partial charge >= 0.3 is 5.97 Å². The quantitative estimate of drug-likeness (QED) is 0.562. The third-order valence-corrected chi connectivity index (χ3v) is 3.86. The molecule has 0 saturated heterocycles. The highest BCUT2D eigenvalue weighted by molar-refractivity contribution is 6.02. The molecule has 2 aromatic carbocycles. The minimum Gasteiger partial charge on any atom is -0.462 e. The topological polar surface area (TPSA) is 55.4 Å². The van der Waals surface area contributed by atoms with Crippen LogP contribution >= 0.6 is 0 Å². The minimum absolute atomic E-state index is 0.223. The van der Waals surface area contributed by atoms with Crippen LogP contribution in [0.25, 0.3) is 6.08 Å². The summed E-state index contributed by atoms with van der Waals surface area (Å²) in [7, 11) is 0. The number of hydrogen-bond acceptors (Lipinski definition) is 3. The SMILES string of the molecule is CCCOC(=O)c1ccc(NC(=O)/C=C/c2ccc(C(C)C)cc2)cc1. The van der Waals surface area contributed by atoms with Crippen molar-refractivity contribution >= 4 is 23.6 Å². The van der Waals surface area contributed by atoms with Crippen molar-refractivity contribution in [1.82, 2.24) is 0 Å². The van der Waals surface area contributed by atoms with Gasteiger partial charge in [-0.05, 0) is 53.8 Å². The van der Waals surface area contributed by atoms with Crippen LogP contribution in [0.2, 0.25) is 0 Å². The first-order valence-electron chi connectivity index (χ1n) is 8.85. The Kier molecular flexibility index (Phi) is 7.15. The standard InChI is InChI=1S/C22H25NO3/c1-4-15-26-22(25)19-10-12-20(13-11-19)23-21(24)14-7-17-5-8-18(9-6-17)16(2)3/h5-14,16H,4,15H2,1-3H3,(H,23,24)/b14-7+. The van der Waals surface area contributed by atoms with Crippen LogP contribution in [0.1, 0.15) is 54.6 Å². The number of rotatable bonds is 7. The Balaban J connectivity index is 1.91. The molecule has 0 atom stereocenters. The van der Waals surface area contributed by atoms with Gasteiger partial charge in [-0.2, -0.15) is 0 Å². The molecule has 0 radical (unpaired) electrons. The number of anilines is 1. The zero-order chi connectivity index (χ0) is 18.9. The second-order valence-electron chi connectivity index (χ2n) is 6.36. The molecule has 0 heterocycles. The van der Waals surface area contributed by atoms with Crippen LogP contribution in [-0.2, 0) is 9.53 Å². The molecule has 0 spiro atoms. The Morgan fingerprint density at radius 2 is 1.69 bits per heavy atom. The lowest BCUT2D eigenvalue weighted by Crippen LogP contribution is -2.09. The second-order valence-corrected chi connectivity index (χ2v) is 6.36. The maximum absolute atomic E-state index is 12.0. The first-order chi connectivity index (χ1) is 12.5. The lowest BCUT2D eigenvalue weighted by atomic mass is 10.0. The highest BCUT2D eigenvalue weighted by Crippen LogP contribution is 2.15. The molecule has 1 amide bonds. The summed E-state index contributed by atoms with van der Waals surface area (Å²) >= 11 is 0. The van der Waals surface area contributed by atoms with Crippen LogP contribution in [0, 0.1) is 0 Å². The third kappa shape index (κ3) is 5.88. The Bertz CT molecular complexity index is 759. The Morgan fingerprint density at radius 3 is 2.27 bits per heavy atom. The van der Waals surface area contributed by atoms with Crippen molar-refractivity contribution in [2.75, 3.05) is 11.9 Å². The third-order valence-electron chi connectivity index (χ3n) is 3.86. The van der Waals surface area contributed by atoms with E-state index in [9.17, 15) is 9.59 Å². The number of benzene rings is 2. The van der Waals surface area contributed by atoms with E-state index in [1.807, 2.05) is 19.1 Å². The van der Waals surface area contributed by atoms with Gasteiger partial charge < -0.3 is 10.1 Å². The van der Waals surface area contributed by atoms with E-state index in [1.165, 1.54) is 11.6 Å². The molecule has 4 nitrogen and oxygen atoms in total. The van der Waals surface area contributed by atoms with Crippen molar-refractivity contribution in [1.29, 1.82) is 0 Å². The zero-order valence-electron chi connectivity index (χ0n) is 15.5. The largest absolute Gasteiger partial charge is 0.462 e. The number of hydrogen-bond donors (Lipinski definition) is 1. The van der Waals surface area contributed by atoms with E-state index >= 15 is 0 Å². The molecular weight excluding hydrogens is 326 g/mol. The van der Waals surface area contributed by atoms with Gasteiger partial charge in [-0.25, -0.2) is 4.79 Å². The predicted octanol–water partition coefficient (Wildman–Crippen LogP) is 5.03. The van der Waals surface area contributed by atoms with Gasteiger partial charge in [0, 0.05) is 11.8 Å². The van der Waals surface area contributed by atoms with E-state index in [2.05, 4.69) is 31.3 Å². The summed E-state index contributed by atoms with van der Waals surface area (Å²) in [6.45, 7) is 6.64. The molecule has 0 aliphatic heterocycles. The number of amides is 1. The molecule has 0 bridgehead atoms. The van der Waals surface area contributed by atoms with Crippen LogP contribution in [0.4, 0.5) is 5.69 Å². The van der Waals surface area contributed by atoms with Gasteiger partial charge in [0.05, 0.1) is 12.2 Å². The van der Waals surface area contributed by atoms with E-state index in [4.69, 9.17) is 4.74 Å². The van der Waals surface area contributed by atoms with Gasteiger partial charge in [0.25, 0.3) is 0 Å². The van der Waals surface area contributed by atoms with Crippen molar-refractivity contribution in [3.8, 4) is 0 Å². The first-order valence-corrected chi connectivity index (χ1v) is 8.85. The molecule has 136 valence electrons. The van der Waals surface area contributed by atoms with Crippen LogP contribution < -0.4 is 5.32 Å². The van der Waals surface area contributed by atoms with E-state index in [0.29, 0.717) is 23.8 Å². The van der Waals surface area contributed by atoms with Gasteiger partial charge in [0.15, 0.2) is 0 Å². The van der Waals surface area contributed by atoms with E-state index in [1.54, 1.807) is 30.3 Å². The monoisotopic (exact) mass is 351 g/mol. The summed E-state index contributed by atoms with van der Waals surface area (Å²) < 4.78 is 5.07. The maximum atomic E-state index is 12.0. The summed E-state index contributed by atoms with van der Waals surface area (Å²) in [6.07, 6.45) is 4.05. The average Bonchev–Trinajstić information content (AvgIpc) is 2.65. The van der Waals surface area contributed by atoms with Gasteiger partial charge in [-0.15, -0.1) is 0 Å². The Morgan fingerprint density at radius 1 is 1.04 bits per heavy atom. The zero-order valence-corrected chi connectivity index (χ0v) is 15.5. The summed E-state index contributed by atoms with van der Waals surface area (Å²) in [6, 6.07) is 14.8. The molecule has 4 heteroatoms. The van der Waals surface area contributed by atoms with Gasteiger partial charge in [-0.3, -0.25) is 4.79 Å². The molecule has 0 aliphatic carbocycles. The Labute approximate surface area is 154 Å². The second kappa shape index (κ2) is 9.56. The molecule has 26 heavy (non-hydrogen) atoms. The van der Waals surface area contributed by atoms with E-state index < -0.39 is 0 Å². The number of esters is 1. The van der Waals surface area contributed by atoms with E-state index in [0.717, 1.165) is 12.0 Å². The highest BCUT2D eigenvalue weighted by atomic mass is 16.5. The van der Waals surface area contributed by atoms with Crippen molar-refractivity contribution < 1.29 is 14.3 Å². The molecule has 1 N–H and O–H groups in total. The number of carbonyl (C=O) groups is 2. The predicted molar refractivity (Wildman–Crippen MR) is 105 cm³/mol. The molecule has 0 fully saturated rings. The van der Waals surface area contributed by atoms with Crippen LogP contribution in [0.3, 0.4) is 0 Å². The molecule has 2 rings (SSSR count). The van der Waals surface area contributed by atoms with Gasteiger partial charge in [0.1, 0.15) is 0 Å². The molecular formula is C22H25NO3. The number of nitrogens with one attached hydrogen (secondary N) is 1. The Hall–Kier alpha value is -2.88. The summed E-state index contributed by atoms with van der Waals surface area (Å²) in [5.41, 5.74) is 3.34. The summed E-state index contributed by atoms with van der Waals surface area (Å²) in [4.78, 5) is 23.8. The van der Waals surface area contributed by atoms with E-state index in [-0.39, 0.29) is 11.9 Å². The van der Waals surface area contributed by atoms with Crippen molar-refractivity contribution in [2.45, 2.75) is 33.1 Å². The molecule has 0 unspecified atom stereocenters. The highest BCUT2D eigenvalue weighted by Gasteiger charge is 2.06. The smallest absolute Gasteiger partial charge is 0.338 e. The number of ether oxygens (including phenoxy) is 1.